The minimum atomic E-state index is -0.545. The van der Waals surface area contributed by atoms with Crippen LogP contribution in [0.25, 0.3) is 6.08 Å². The van der Waals surface area contributed by atoms with Crippen molar-refractivity contribution >= 4 is 58.1 Å². The van der Waals surface area contributed by atoms with E-state index in [2.05, 4.69) is 5.32 Å². The number of hydrogen-bond donors (Lipinski definition) is 1. The maximum Gasteiger partial charge on any atom is 0.343 e. The lowest BCUT2D eigenvalue weighted by Crippen LogP contribution is -2.36. The second-order valence-corrected chi connectivity index (χ2v) is 8.58. The predicted octanol–water partition coefficient (Wildman–Crippen LogP) is 5.23. The molecule has 0 bridgehead atoms. The summed E-state index contributed by atoms with van der Waals surface area (Å²) in [6, 6.07) is 21.6. The molecule has 0 unspecified atom stereocenters. The zero-order valence-electron chi connectivity index (χ0n) is 17.6. The van der Waals surface area contributed by atoms with Gasteiger partial charge in [-0.3, -0.25) is 19.3 Å². The van der Waals surface area contributed by atoms with E-state index in [-0.39, 0.29) is 11.4 Å². The fourth-order valence-corrected chi connectivity index (χ4v) is 4.00. The van der Waals surface area contributed by atoms with Gasteiger partial charge in [0, 0.05) is 10.7 Å². The number of benzene rings is 3. The molecule has 0 aliphatic carbocycles. The van der Waals surface area contributed by atoms with Crippen molar-refractivity contribution in [3.05, 3.63) is 99.9 Å². The molecular weight excluding hydrogens is 476 g/mol. The van der Waals surface area contributed by atoms with Gasteiger partial charge >= 0.3 is 5.97 Å². The van der Waals surface area contributed by atoms with Gasteiger partial charge in [0.05, 0.1) is 10.5 Å². The van der Waals surface area contributed by atoms with Crippen molar-refractivity contribution < 1.29 is 23.9 Å². The van der Waals surface area contributed by atoms with Crippen LogP contribution in [0, 0.1) is 0 Å². The maximum atomic E-state index is 12.7. The first-order chi connectivity index (χ1) is 16.4. The van der Waals surface area contributed by atoms with Crippen LogP contribution in [0.3, 0.4) is 0 Å². The molecule has 0 saturated carbocycles. The molecule has 1 heterocycles. The Morgan fingerprint density at radius 3 is 2.29 bits per heavy atom. The zero-order chi connectivity index (χ0) is 24.1. The van der Waals surface area contributed by atoms with Gasteiger partial charge in [-0.15, -0.1) is 0 Å². The number of thioether (sulfide) groups is 1. The Bertz CT molecular complexity index is 1270. The second kappa shape index (κ2) is 10.4. The minimum absolute atomic E-state index is 0.198. The number of halogens is 1. The van der Waals surface area contributed by atoms with E-state index in [1.165, 1.54) is 0 Å². The molecule has 1 N–H and O–H groups in total. The number of esters is 1. The van der Waals surface area contributed by atoms with E-state index in [1.54, 1.807) is 78.9 Å². The Kier molecular flexibility index (Phi) is 7.10. The average molecular weight is 493 g/mol. The minimum Gasteiger partial charge on any atom is -0.423 e. The topological polar surface area (TPSA) is 92.8 Å². The molecule has 1 saturated heterocycles. The lowest BCUT2D eigenvalue weighted by Gasteiger charge is -2.12. The third kappa shape index (κ3) is 5.72. The standard InChI is InChI=1S/C25H17ClN2O5S/c26-18-10-8-17(9-11-18)24(31)33-20-12-6-16(7-13-20)14-21-23(30)28(25(32)34-21)15-22(29)27-19-4-2-1-3-5-19/h1-14H,15H2,(H,27,29)/b21-14-. The van der Waals surface area contributed by atoms with Gasteiger partial charge in [-0.05, 0) is 71.9 Å². The third-order valence-corrected chi connectivity index (χ3v) is 5.86. The van der Waals surface area contributed by atoms with E-state index >= 15 is 0 Å². The normalized spacial score (nSPS) is 14.4. The zero-order valence-corrected chi connectivity index (χ0v) is 19.1. The Balaban J connectivity index is 1.38. The molecule has 7 nitrogen and oxygen atoms in total. The molecule has 1 aliphatic heterocycles. The largest absolute Gasteiger partial charge is 0.423 e. The Morgan fingerprint density at radius 1 is 0.941 bits per heavy atom. The lowest BCUT2D eigenvalue weighted by molar-refractivity contribution is -0.127. The molecule has 1 aliphatic rings. The average Bonchev–Trinajstić information content (AvgIpc) is 3.08. The smallest absolute Gasteiger partial charge is 0.343 e. The highest BCUT2D eigenvalue weighted by Gasteiger charge is 2.36. The first-order valence-corrected chi connectivity index (χ1v) is 11.3. The molecule has 9 heteroatoms. The summed E-state index contributed by atoms with van der Waals surface area (Å²) in [5.41, 5.74) is 1.57. The van der Waals surface area contributed by atoms with Crippen molar-refractivity contribution in [3.63, 3.8) is 0 Å². The van der Waals surface area contributed by atoms with Crippen LogP contribution < -0.4 is 10.1 Å². The molecule has 0 radical (unpaired) electrons. The van der Waals surface area contributed by atoms with Crippen LogP contribution in [0.5, 0.6) is 5.75 Å². The first kappa shape index (κ1) is 23.3. The molecule has 3 amide bonds. The molecule has 3 aromatic carbocycles. The fourth-order valence-electron chi connectivity index (χ4n) is 3.04. The van der Waals surface area contributed by atoms with Crippen molar-refractivity contribution in [2.75, 3.05) is 11.9 Å². The van der Waals surface area contributed by atoms with Gasteiger partial charge in [-0.1, -0.05) is 41.9 Å². The molecule has 4 rings (SSSR count). The molecule has 0 spiro atoms. The lowest BCUT2D eigenvalue weighted by atomic mass is 10.2. The molecule has 34 heavy (non-hydrogen) atoms. The molecule has 1 fully saturated rings. The van der Waals surface area contributed by atoms with Crippen LogP contribution in [-0.2, 0) is 9.59 Å². The van der Waals surface area contributed by atoms with Crippen molar-refractivity contribution in [1.82, 2.24) is 4.90 Å². The Hall–Kier alpha value is -3.88. The number of carbonyl (C=O) groups is 4. The van der Waals surface area contributed by atoms with Gasteiger partial charge in [0.2, 0.25) is 5.91 Å². The number of carbonyl (C=O) groups excluding carboxylic acids is 4. The second-order valence-electron chi connectivity index (χ2n) is 7.15. The Labute approximate surface area is 204 Å². The highest BCUT2D eigenvalue weighted by molar-refractivity contribution is 8.18. The summed E-state index contributed by atoms with van der Waals surface area (Å²) in [4.78, 5) is 50.5. The Morgan fingerprint density at radius 2 is 1.62 bits per heavy atom. The van der Waals surface area contributed by atoms with E-state index in [4.69, 9.17) is 16.3 Å². The van der Waals surface area contributed by atoms with Crippen LogP contribution in [0.15, 0.2) is 83.8 Å². The first-order valence-electron chi connectivity index (χ1n) is 10.1. The summed E-state index contributed by atoms with van der Waals surface area (Å²) in [5.74, 6) is -1.22. The van der Waals surface area contributed by atoms with E-state index in [0.29, 0.717) is 27.6 Å². The number of nitrogens with zero attached hydrogens (tertiary/aromatic N) is 1. The van der Waals surface area contributed by atoms with Gasteiger partial charge in [-0.2, -0.15) is 0 Å². The maximum absolute atomic E-state index is 12.7. The number of nitrogens with one attached hydrogen (secondary N) is 1. The monoisotopic (exact) mass is 492 g/mol. The van der Waals surface area contributed by atoms with Crippen LogP contribution in [0.2, 0.25) is 5.02 Å². The number of para-hydroxylation sites is 1. The van der Waals surface area contributed by atoms with Gasteiger partial charge in [0.15, 0.2) is 0 Å². The summed E-state index contributed by atoms with van der Waals surface area (Å²) in [7, 11) is 0. The van der Waals surface area contributed by atoms with Gasteiger partial charge in [0.1, 0.15) is 12.3 Å². The quantitative estimate of drug-likeness (QED) is 0.287. The molecule has 0 atom stereocenters. The summed E-state index contributed by atoms with van der Waals surface area (Å²) >= 11 is 6.58. The molecular formula is C25H17ClN2O5S. The SMILES string of the molecule is O=C(CN1C(=O)S/C(=C\c2ccc(OC(=O)c3ccc(Cl)cc3)cc2)C1=O)Nc1ccccc1. The van der Waals surface area contributed by atoms with Gasteiger partial charge < -0.3 is 10.1 Å². The highest BCUT2D eigenvalue weighted by Crippen LogP contribution is 2.32. The van der Waals surface area contributed by atoms with Gasteiger partial charge in [-0.25, -0.2) is 4.79 Å². The third-order valence-electron chi connectivity index (χ3n) is 4.70. The van der Waals surface area contributed by atoms with Crippen molar-refractivity contribution in [2.45, 2.75) is 0 Å². The van der Waals surface area contributed by atoms with Crippen LogP contribution in [-0.4, -0.2) is 34.5 Å². The summed E-state index contributed by atoms with van der Waals surface area (Å²) < 4.78 is 5.33. The summed E-state index contributed by atoms with van der Waals surface area (Å²) in [6.45, 7) is -0.378. The van der Waals surface area contributed by atoms with Crippen molar-refractivity contribution in [3.8, 4) is 5.75 Å². The van der Waals surface area contributed by atoms with Crippen molar-refractivity contribution in [2.24, 2.45) is 0 Å². The number of anilines is 1. The predicted molar refractivity (Wildman–Crippen MR) is 131 cm³/mol. The number of rotatable bonds is 6. The van der Waals surface area contributed by atoms with Crippen molar-refractivity contribution in [1.29, 1.82) is 0 Å². The van der Waals surface area contributed by atoms with Crippen LogP contribution >= 0.6 is 23.4 Å². The van der Waals surface area contributed by atoms with Gasteiger partial charge in [0.25, 0.3) is 11.1 Å². The summed E-state index contributed by atoms with van der Waals surface area (Å²) in [5, 5.41) is 2.64. The van der Waals surface area contributed by atoms with E-state index in [0.717, 1.165) is 16.7 Å². The number of ether oxygens (including phenoxy) is 1. The number of hydrogen-bond acceptors (Lipinski definition) is 6. The van der Waals surface area contributed by atoms with E-state index in [9.17, 15) is 19.2 Å². The van der Waals surface area contributed by atoms with E-state index in [1.807, 2.05) is 6.07 Å². The van der Waals surface area contributed by atoms with Crippen LogP contribution in [0.4, 0.5) is 10.5 Å². The molecule has 0 aromatic heterocycles. The number of imide groups is 1. The molecule has 170 valence electrons. The fraction of sp³-hybridized carbons (Fsp3) is 0.0400. The highest BCUT2D eigenvalue weighted by atomic mass is 35.5. The van der Waals surface area contributed by atoms with Crippen LogP contribution in [0.1, 0.15) is 15.9 Å². The molecule has 3 aromatic rings. The summed E-state index contributed by atoms with van der Waals surface area (Å²) in [6.07, 6.45) is 1.55. The van der Waals surface area contributed by atoms with E-state index < -0.39 is 23.0 Å². The number of amides is 3.